The highest BCUT2D eigenvalue weighted by Gasteiger charge is 2.55. The average Bonchev–Trinajstić information content (AvgIpc) is 3.16. The van der Waals surface area contributed by atoms with Gasteiger partial charge in [0, 0.05) is 37.6 Å². The van der Waals surface area contributed by atoms with E-state index in [0.29, 0.717) is 28.2 Å². The summed E-state index contributed by atoms with van der Waals surface area (Å²) in [6.45, 7) is 2.43. The number of nitrogens with one attached hydrogen (secondary N) is 1. The Labute approximate surface area is 184 Å². The van der Waals surface area contributed by atoms with Gasteiger partial charge in [0.15, 0.2) is 6.10 Å². The van der Waals surface area contributed by atoms with Crippen molar-refractivity contribution in [2.45, 2.75) is 25.4 Å². The van der Waals surface area contributed by atoms with Crippen molar-refractivity contribution in [2.75, 3.05) is 19.6 Å². The SMILES string of the molecule is NC(=O)C1C=C2C=CN(CC3CC34CCN(C(=O)c3cccc5[nH]nnc35)CC4)C=C2O1. The van der Waals surface area contributed by atoms with Gasteiger partial charge in [-0.05, 0) is 54.9 Å². The topological polar surface area (TPSA) is 117 Å². The quantitative estimate of drug-likeness (QED) is 0.759. The highest BCUT2D eigenvalue weighted by molar-refractivity contribution is 6.04. The predicted molar refractivity (Wildman–Crippen MR) is 116 cm³/mol. The van der Waals surface area contributed by atoms with E-state index in [4.69, 9.17) is 10.5 Å². The number of rotatable bonds is 4. The summed E-state index contributed by atoms with van der Waals surface area (Å²) in [6, 6.07) is 5.56. The smallest absolute Gasteiger partial charge is 0.262 e. The first-order valence-corrected chi connectivity index (χ1v) is 11.0. The molecule has 9 heteroatoms. The average molecular weight is 432 g/mol. The number of fused-ring (bicyclic) bond motifs is 2. The Morgan fingerprint density at radius 2 is 2.12 bits per heavy atom. The minimum Gasteiger partial charge on any atom is -0.474 e. The zero-order chi connectivity index (χ0) is 21.9. The van der Waals surface area contributed by atoms with Crippen LogP contribution in [0.3, 0.4) is 0 Å². The number of carbonyl (C=O) groups is 2. The molecule has 32 heavy (non-hydrogen) atoms. The summed E-state index contributed by atoms with van der Waals surface area (Å²) in [5, 5.41) is 10.7. The number of amides is 2. The third-order valence-electron chi connectivity index (χ3n) is 7.30. The van der Waals surface area contributed by atoms with E-state index in [9.17, 15) is 9.59 Å². The van der Waals surface area contributed by atoms with E-state index >= 15 is 0 Å². The zero-order valence-corrected chi connectivity index (χ0v) is 17.5. The van der Waals surface area contributed by atoms with Crippen LogP contribution in [0.2, 0.25) is 0 Å². The van der Waals surface area contributed by atoms with Gasteiger partial charge in [0.25, 0.3) is 11.8 Å². The van der Waals surface area contributed by atoms with Crippen molar-refractivity contribution in [1.29, 1.82) is 0 Å². The molecule has 4 aliphatic rings. The maximum absolute atomic E-state index is 13.1. The Morgan fingerprint density at radius 3 is 2.94 bits per heavy atom. The second-order valence-corrected chi connectivity index (χ2v) is 9.14. The van der Waals surface area contributed by atoms with Crippen LogP contribution < -0.4 is 5.73 Å². The third kappa shape index (κ3) is 3.07. The molecule has 3 aliphatic heterocycles. The van der Waals surface area contributed by atoms with Crippen molar-refractivity contribution in [3.05, 3.63) is 59.6 Å². The number of hydrogen-bond donors (Lipinski definition) is 2. The van der Waals surface area contributed by atoms with E-state index in [1.54, 1.807) is 6.08 Å². The lowest BCUT2D eigenvalue weighted by molar-refractivity contribution is -0.124. The highest BCUT2D eigenvalue weighted by Crippen LogP contribution is 2.59. The number of piperidine rings is 1. The second kappa shape index (κ2) is 6.94. The molecular weight excluding hydrogens is 408 g/mol. The molecule has 2 fully saturated rings. The number of allylic oxidation sites excluding steroid dienone is 1. The summed E-state index contributed by atoms with van der Waals surface area (Å²) >= 11 is 0. The first kappa shape index (κ1) is 19.1. The van der Waals surface area contributed by atoms with E-state index in [0.717, 1.165) is 43.6 Å². The number of likely N-dealkylation sites (tertiary alicyclic amines) is 1. The summed E-state index contributed by atoms with van der Waals surface area (Å²) in [6.07, 6.45) is 10.2. The van der Waals surface area contributed by atoms with Gasteiger partial charge < -0.3 is 20.3 Å². The lowest BCUT2D eigenvalue weighted by Gasteiger charge is -2.33. The number of nitrogens with zero attached hydrogens (tertiary/aromatic N) is 4. The predicted octanol–water partition coefficient (Wildman–Crippen LogP) is 1.68. The van der Waals surface area contributed by atoms with Crippen molar-refractivity contribution in [3.63, 3.8) is 0 Å². The molecule has 0 bridgehead atoms. The number of nitrogens with two attached hydrogens (primary N) is 1. The van der Waals surface area contributed by atoms with Crippen LogP contribution in [0.1, 0.15) is 29.6 Å². The van der Waals surface area contributed by atoms with Gasteiger partial charge in [0.1, 0.15) is 11.3 Å². The number of ether oxygens (including phenoxy) is 1. The van der Waals surface area contributed by atoms with Gasteiger partial charge in [-0.2, -0.15) is 0 Å². The standard InChI is InChI=1S/C23H24N6O3/c24-21(30)18-10-14-4-7-28(13-19(14)32-18)12-15-11-23(15)5-8-29(9-6-23)22(31)16-2-1-3-17-20(16)26-27-25-17/h1-4,7,10,13,15,18H,5-6,8-9,11-12H2,(H2,24,30)(H,25,26,27). The normalized spacial score (nSPS) is 25.4. The Hall–Kier alpha value is -3.62. The molecule has 4 heterocycles. The number of aromatic nitrogens is 3. The van der Waals surface area contributed by atoms with Gasteiger partial charge in [0.05, 0.1) is 11.1 Å². The van der Waals surface area contributed by atoms with Gasteiger partial charge in [-0.1, -0.05) is 11.3 Å². The lowest BCUT2D eigenvalue weighted by Crippen LogP contribution is -2.40. The van der Waals surface area contributed by atoms with Crippen LogP contribution in [0.25, 0.3) is 11.0 Å². The van der Waals surface area contributed by atoms with Crippen LogP contribution in [0.15, 0.2) is 54.1 Å². The summed E-state index contributed by atoms with van der Waals surface area (Å²) in [4.78, 5) is 28.6. The van der Waals surface area contributed by atoms with Gasteiger partial charge in [-0.25, -0.2) is 0 Å². The van der Waals surface area contributed by atoms with Crippen LogP contribution in [0.4, 0.5) is 0 Å². The number of hydrogen-bond acceptors (Lipinski definition) is 6. The van der Waals surface area contributed by atoms with Crippen molar-refractivity contribution in [1.82, 2.24) is 25.2 Å². The Morgan fingerprint density at radius 1 is 1.28 bits per heavy atom. The van der Waals surface area contributed by atoms with Crippen molar-refractivity contribution in [2.24, 2.45) is 17.1 Å². The summed E-state index contributed by atoms with van der Waals surface area (Å²) in [5.74, 6) is 0.837. The van der Waals surface area contributed by atoms with Gasteiger partial charge in [-0.3, -0.25) is 14.7 Å². The molecule has 3 N–H and O–H groups in total. The van der Waals surface area contributed by atoms with E-state index in [2.05, 4.69) is 20.3 Å². The fourth-order valence-corrected chi connectivity index (χ4v) is 5.28. The molecule has 1 saturated carbocycles. The van der Waals surface area contributed by atoms with Gasteiger partial charge in [-0.15, -0.1) is 5.10 Å². The van der Waals surface area contributed by atoms with Crippen LogP contribution in [-0.4, -0.2) is 62.8 Å². The molecule has 6 rings (SSSR count). The Bertz CT molecular complexity index is 1200. The molecule has 1 aliphatic carbocycles. The molecule has 164 valence electrons. The molecule has 1 saturated heterocycles. The Balaban J connectivity index is 1.07. The van der Waals surface area contributed by atoms with Crippen molar-refractivity contribution < 1.29 is 14.3 Å². The fraction of sp³-hybridized carbons (Fsp3) is 0.391. The number of primary amides is 1. The van der Waals surface area contributed by atoms with Crippen LogP contribution in [-0.2, 0) is 9.53 Å². The third-order valence-corrected chi connectivity index (χ3v) is 7.30. The maximum Gasteiger partial charge on any atom is 0.262 e. The van der Waals surface area contributed by atoms with Crippen molar-refractivity contribution >= 4 is 22.8 Å². The van der Waals surface area contributed by atoms with Crippen LogP contribution >= 0.6 is 0 Å². The summed E-state index contributed by atoms with van der Waals surface area (Å²) in [5.41, 5.74) is 8.59. The molecule has 1 aromatic heterocycles. The van der Waals surface area contributed by atoms with Crippen LogP contribution in [0, 0.1) is 11.3 Å². The molecular formula is C23H24N6O3. The number of H-pyrrole nitrogens is 1. The zero-order valence-electron chi connectivity index (χ0n) is 17.5. The molecule has 2 aromatic rings. The highest BCUT2D eigenvalue weighted by atomic mass is 16.5. The Kier molecular flexibility index (Phi) is 4.14. The summed E-state index contributed by atoms with van der Waals surface area (Å²) < 4.78 is 5.65. The van der Waals surface area contributed by atoms with E-state index < -0.39 is 12.0 Å². The maximum atomic E-state index is 13.1. The van der Waals surface area contributed by atoms with Gasteiger partial charge in [0.2, 0.25) is 0 Å². The molecule has 0 radical (unpaired) electrons. The molecule has 9 nitrogen and oxygen atoms in total. The molecule has 2 amide bonds. The molecule has 2 atom stereocenters. The van der Waals surface area contributed by atoms with E-state index in [-0.39, 0.29) is 5.91 Å². The molecule has 1 aromatic carbocycles. The van der Waals surface area contributed by atoms with Gasteiger partial charge >= 0.3 is 0 Å². The second-order valence-electron chi connectivity index (χ2n) is 9.14. The molecule has 2 unspecified atom stereocenters. The number of carbonyl (C=O) groups excluding carboxylic acids is 2. The largest absolute Gasteiger partial charge is 0.474 e. The van der Waals surface area contributed by atoms with E-state index in [1.807, 2.05) is 41.6 Å². The first-order chi connectivity index (χ1) is 15.5. The lowest BCUT2D eigenvalue weighted by atomic mass is 9.90. The minimum atomic E-state index is -0.682. The molecule has 1 spiro atoms. The number of aromatic amines is 1. The monoisotopic (exact) mass is 432 g/mol. The van der Waals surface area contributed by atoms with E-state index in [1.165, 1.54) is 6.42 Å². The van der Waals surface area contributed by atoms with Crippen molar-refractivity contribution in [3.8, 4) is 0 Å². The van der Waals surface area contributed by atoms with Crippen LogP contribution in [0.5, 0.6) is 0 Å². The fourth-order valence-electron chi connectivity index (χ4n) is 5.28. The number of benzene rings is 1. The first-order valence-electron chi connectivity index (χ1n) is 11.0. The summed E-state index contributed by atoms with van der Waals surface area (Å²) in [7, 11) is 0. The minimum absolute atomic E-state index is 0.0296.